The van der Waals surface area contributed by atoms with Crippen LogP contribution in [0.3, 0.4) is 0 Å². The van der Waals surface area contributed by atoms with E-state index in [0.717, 1.165) is 13.1 Å². The maximum Gasteiger partial charge on any atom is 0.0253 e. The quantitative estimate of drug-likeness (QED) is 0.888. The minimum atomic E-state index is 0.229. The maximum atomic E-state index is 3.71. The van der Waals surface area contributed by atoms with Crippen LogP contribution in [0.1, 0.15) is 46.6 Å². The van der Waals surface area contributed by atoms with Crippen molar-refractivity contribution in [2.24, 2.45) is 5.92 Å². The summed E-state index contributed by atoms with van der Waals surface area (Å²) in [5.41, 5.74) is 1.69. The van der Waals surface area contributed by atoms with E-state index in [1.54, 1.807) is 0 Å². The molecule has 1 N–H and O–H groups in total. The zero-order valence-electron chi connectivity index (χ0n) is 14.4. The molecule has 21 heavy (non-hydrogen) atoms. The molecule has 2 heteroatoms. The van der Waals surface area contributed by atoms with E-state index in [9.17, 15) is 0 Å². The largest absolute Gasteiger partial charge is 0.309 e. The van der Waals surface area contributed by atoms with E-state index in [-0.39, 0.29) is 5.54 Å². The van der Waals surface area contributed by atoms with Gasteiger partial charge in [-0.2, -0.15) is 0 Å². The summed E-state index contributed by atoms with van der Waals surface area (Å²) in [6.45, 7) is 14.0. The van der Waals surface area contributed by atoms with Crippen LogP contribution in [0.5, 0.6) is 0 Å². The van der Waals surface area contributed by atoms with Crippen LogP contribution >= 0.6 is 0 Å². The van der Waals surface area contributed by atoms with Crippen molar-refractivity contribution < 1.29 is 0 Å². The Bertz CT molecular complexity index is 424. The summed E-state index contributed by atoms with van der Waals surface area (Å²) in [7, 11) is 0. The summed E-state index contributed by atoms with van der Waals surface area (Å²) >= 11 is 0. The second-order valence-corrected chi connectivity index (χ2v) is 7.62. The van der Waals surface area contributed by atoms with Crippen LogP contribution in [-0.2, 0) is 6.42 Å². The van der Waals surface area contributed by atoms with Gasteiger partial charge in [-0.25, -0.2) is 0 Å². The SMILES string of the molecule is CC(C)C1CNC(C)(C)CN1C(C)CCc1ccccc1. The molecule has 1 heterocycles. The van der Waals surface area contributed by atoms with Crippen LogP contribution < -0.4 is 5.32 Å². The van der Waals surface area contributed by atoms with E-state index < -0.39 is 0 Å². The van der Waals surface area contributed by atoms with Gasteiger partial charge in [-0.1, -0.05) is 44.2 Å². The molecule has 2 nitrogen and oxygen atoms in total. The first-order chi connectivity index (χ1) is 9.89. The summed E-state index contributed by atoms with van der Waals surface area (Å²) in [4.78, 5) is 2.74. The Labute approximate surface area is 130 Å². The lowest BCUT2D eigenvalue weighted by atomic mass is 9.90. The maximum absolute atomic E-state index is 3.71. The summed E-state index contributed by atoms with van der Waals surface area (Å²) in [5, 5.41) is 3.71. The smallest absolute Gasteiger partial charge is 0.0253 e. The highest BCUT2D eigenvalue weighted by Crippen LogP contribution is 2.24. The second-order valence-electron chi connectivity index (χ2n) is 7.62. The Balaban J connectivity index is 1.98. The molecule has 0 radical (unpaired) electrons. The third-order valence-electron chi connectivity index (χ3n) is 4.82. The number of hydrogen-bond donors (Lipinski definition) is 1. The molecule has 118 valence electrons. The predicted molar refractivity (Wildman–Crippen MR) is 91.6 cm³/mol. The van der Waals surface area contributed by atoms with Crippen LogP contribution in [0.2, 0.25) is 0 Å². The first-order valence-electron chi connectivity index (χ1n) is 8.44. The fourth-order valence-electron chi connectivity index (χ4n) is 3.42. The molecule has 0 bridgehead atoms. The Hall–Kier alpha value is -0.860. The number of benzene rings is 1. The van der Waals surface area contributed by atoms with Crippen molar-refractivity contribution in [3.05, 3.63) is 35.9 Å². The van der Waals surface area contributed by atoms with Crippen LogP contribution in [-0.4, -0.2) is 35.6 Å². The second kappa shape index (κ2) is 6.93. The van der Waals surface area contributed by atoms with Gasteiger partial charge in [0.25, 0.3) is 0 Å². The molecular weight excluding hydrogens is 256 g/mol. The Morgan fingerprint density at radius 2 is 1.86 bits per heavy atom. The normalized spacial score (nSPS) is 24.2. The fraction of sp³-hybridized carbons (Fsp3) is 0.684. The van der Waals surface area contributed by atoms with Gasteiger partial charge < -0.3 is 5.32 Å². The molecule has 0 amide bonds. The van der Waals surface area contributed by atoms with Crippen molar-refractivity contribution in [1.29, 1.82) is 0 Å². The standard InChI is InChI=1S/C19H32N2/c1-15(2)18-13-20-19(4,5)14-21(18)16(3)11-12-17-9-7-6-8-10-17/h6-10,15-16,18,20H,11-14H2,1-5H3. The van der Waals surface area contributed by atoms with E-state index in [1.165, 1.54) is 18.4 Å². The van der Waals surface area contributed by atoms with Crippen molar-refractivity contribution >= 4 is 0 Å². The lowest BCUT2D eigenvalue weighted by molar-refractivity contribution is 0.0349. The lowest BCUT2D eigenvalue weighted by Gasteiger charge is -2.49. The molecule has 2 atom stereocenters. The molecule has 0 aliphatic carbocycles. The van der Waals surface area contributed by atoms with E-state index in [4.69, 9.17) is 0 Å². The number of piperazine rings is 1. The van der Waals surface area contributed by atoms with E-state index in [2.05, 4.69) is 75.2 Å². The van der Waals surface area contributed by atoms with Gasteiger partial charge in [0.2, 0.25) is 0 Å². The summed E-state index contributed by atoms with van der Waals surface area (Å²) in [5.74, 6) is 0.702. The van der Waals surface area contributed by atoms with Crippen molar-refractivity contribution in [3.8, 4) is 0 Å². The van der Waals surface area contributed by atoms with Crippen molar-refractivity contribution in [2.75, 3.05) is 13.1 Å². The van der Waals surface area contributed by atoms with E-state index in [0.29, 0.717) is 18.0 Å². The van der Waals surface area contributed by atoms with Crippen LogP contribution in [0, 0.1) is 5.92 Å². The topological polar surface area (TPSA) is 15.3 Å². The van der Waals surface area contributed by atoms with Crippen molar-refractivity contribution in [1.82, 2.24) is 10.2 Å². The van der Waals surface area contributed by atoms with Gasteiger partial charge in [0.1, 0.15) is 0 Å². The Morgan fingerprint density at radius 3 is 2.48 bits per heavy atom. The molecular formula is C19H32N2. The van der Waals surface area contributed by atoms with Gasteiger partial charge in [-0.3, -0.25) is 4.90 Å². The number of hydrogen-bond acceptors (Lipinski definition) is 2. The summed E-state index contributed by atoms with van der Waals surface area (Å²) in [6, 6.07) is 12.2. The highest BCUT2D eigenvalue weighted by Gasteiger charge is 2.35. The van der Waals surface area contributed by atoms with E-state index >= 15 is 0 Å². The monoisotopic (exact) mass is 288 g/mol. The van der Waals surface area contributed by atoms with E-state index in [1.807, 2.05) is 0 Å². The number of nitrogens with one attached hydrogen (secondary N) is 1. The molecule has 1 aromatic carbocycles. The Kier molecular flexibility index (Phi) is 5.45. The van der Waals surface area contributed by atoms with Gasteiger partial charge in [0, 0.05) is 30.7 Å². The summed E-state index contributed by atoms with van der Waals surface area (Å²) in [6.07, 6.45) is 2.42. The van der Waals surface area contributed by atoms with Gasteiger partial charge in [-0.05, 0) is 45.1 Å². The average molecular weight is 288 g/mol. The van der Waals surface area contributed by atoms with Gasteiger partial charge >= 0.3 is 0 Å². The molecule has 2 unspecified atom stereocenters. The van der Waals surface area contributed by atoms with Crippen LogP contribution in [0.4, 0.5) is 0 Å². The first-order valence-corrected chi connectivity index (χ1v) is 8.44. The number of nitrogens with zero attached hydrogens (tertiary/aromatic N) is 1. The number of rotatable bonds is 5. The summed E-state index contributed by atoms with van der Waals surface area (Å²) < 4.78 is 0. The first kappa shape index (κ1) is 16.5. The Morgan fingerprint density at radius 1 is 1.19 bits per heavy atom. The molecule has 1 saturated heterocycles. The van der Waals surface area contributed by atoms with Gasteiger partial charge in [-0.15, -0.1) is 0 Å². The third-order valence-corrected chi connectivity index (χ3v) is 4.82. The molecule has 0 saturated carbocycles. The lowest BCUT2D eigenvalue weighted by Crippen LogP contribution is -2.64. The highest BCUT2D eigenvalue weighted by atomic mass is 15.3. The average Bonchev–Trinajstić information content (AvgIpc) is 2.44. The molecule has 1 aliphatic rings. The fourth-order valence-corrected chi connectivity index (χ4v) is 3.42. The zero-order chi connectivity index (χ0) is 15.5. The van der Waals surface area contributed by atoms with Crippen molar-refractivity contribution in [2.45, 2.75) is 65.1 Å². The minimum absolute atomic E-state index is 0.229. The zero-order valence-corrected chi connectivity index (χ0v) is 14.4. The number of aryl methyl sites for hydroxylation is 1. The minimum Gasteiger partial charge on any atom is -0.309 e. The molecule has 1 fully saturated rings. The van der Waals surface area contributed by atoms with Crippen LogP contribution in [0.25, 0.3) is 0 Å². The molecule has 2 rings (SSSR count). The third kappa shape index (κ3) is 4.55. The van der Waals surface area contributed by atoms with Gasteiger partial charge in [0.15, 0.2) is 0 Å². The highest BCUT2D eigenvalue weighted by molar-refractivity contribution is 5.14. The van der Waals surface area contributed by atoms with Gasteiger partial charge in [0.05, 0.1) is 0 Å². The van der Waals surface area contributed by atoms with Crippen molar-refractivity contribution in [3.63, 3.8) is 0 Å². The molecule has 1 aliphatic heterocycles. The molecule has 0 aromatic heterocycles. The van der Waals surface area contributed by atoms with Crippen LogP contribution in [0.15, 0.2) is 30.3 Å². The molecule has 0 spiro atoms. The predicted octanol–water partition coefficient (Wildman–Crippen LogP) is 3.72. The molecule has 1 aromatic rings.